The van der Waals surface area contributed by atoms with Gasteiger partial charge in [0.2, 0.25) is 0 Å². The van der Waals surface area contributed by atoms with Crippen molar-refractivity contribution in [2.75, 3.05) is 0 Å². The molecule has 3 nitrogen and oxygen atoms in total. The number of aryl methyl sites for hydroxylation is 1. The Labute approximate surface area is 325 Å². The minimum atomic E-state index is -5.94. The Morgan fingerprint density at radius 2 is 1.14 bits per heavy atom. The van der Waals surface area contributed by atoms with Gasteiger partial charge in [-0.2, -0.15) is 21.6 Å². The zero-order valence-corrected chi connectivity index (χ0v) is 31.6. The van der Waals surface area contributed by atoms with Gasteiger partial charge < -0.3 is 4.18 Å². The lowest BCUT2D eigenvalue weighted by Gasteiger charge is -2.56. The maximum atomic E-state index is 14.0. The van der Waals surface area contributed by atoms with E-state index in [0.717, 1.165) is 48.8 Å². The predicted molar refractivity (Wildman–Crippen MR) is 213 cm³/mol. The summed E-state index contributed by atoms with van der Waals surface area (Å²) in [6.45, 7) is 2.17. The molecule has 0 saturated heterocycles. The highest BCUT2D eigenvalue weighted by Crippen LogP contribution is 2.82. The van der Waals surface area contributed by atoms with Crippen LogP contribution in [0.3, 0.4) is 0 Å². The van der Waals surface area contributed by atoms with Gasteiger partial charge in [-0.15, -0.1) is 0 Å². The minimum absolute atomic E-state index is 0.0333. The molecule has 6 aromatic carbocycles. The van der Waals surface area contributed by atoms with Crippen molar-refractivity contribution in [2.24, 2.45) is 5.92 Å². The van der Waals surface area contributed by atoms with Crippen LogP contribution in [0.5, 0.6) is 5.75 Å². The van der Waals surface area contributed by atoms with E-state index in [2.05, 4.69) is 116 Å². The number of hydrogen-bond acceptors (Lipinski definition) is 3. The summed E-state index contributed by atoms with van der Waals surface area (Å²) in [6, 6.07) is 48.6. The molecule has 3 saturated carbocycles. The zero-order valence-electron chi connectivity index (χ0n) is 30.8. The van der Waals surface area contributed by atoms with E-state index in [-0.39, 0.29) is 34.3 Å². The zero-order chi connectivity index (χ0) is 38.2. The molecule has 5 aliphatic carbocycles. The molecular weight excluding hydrogens is 726 g/mol. The van der Waals surface area contributed by atoms with E-state index in [1.807, 2.05) is 18.2 Å². The molecule has 5 aliphatic rings. The van der Waals surface area contributed by atoms with Crippen LogP contribution in [0.15, 0.2) is 140 Å². The van der Waals surface area contributed by atoms with Crippen molar-refractivity contribution >= 4 is 10.1 Å². The van der Waals surface area contributed by atoms with Gasteiger partial charge in [0.25, 0.3) is 0 Å². The van der Waals surface area contributed by atoms with Crippen LogP contribution >= 0.6 is 0 Å². The van der Waals surface area contributed by atoms with E-state index >= 15 is 0 Å². The summed E-state index contributed by atoms with van der Waals surface area (Å²) < 4.78 is 72.9. The third-order valence-corrected chi connectivity index (χ3v) is 15.7. The first-order valence-corrected chi connectivity index (χ1v) is 21.0. The highest BCUT2D eigenvalue weighted by Gasteiger charge is 2.76. The number of alkyl halides is 3. The van der Waals surface area contributed by atoms with E-state index < -0.39 is 21.0 Å². The first kappa shape index (κ1) is 34.1. The summed E-state index contributed by atoms with van der Waals surface area (Å²) in [5.41, 5.74) is 6.59. The largest absolute Gasteiger partial charge is 0.534 e. The van der Waals surface area contributed by atoms with Gasteiger partial charge in [-0.1, -0.05) is 133 Å². The van der Waals surface area contributed by atoms with E-state index in [4.69, 9.17) is 4.18 Å². The summed E-state index contributed by atoms with van der Waals surface area (Å²) in [7, 11) is -5.94. The topological polar surface area (TPSA) is 43.4 Å². The summed E-state index contributed by atoms with van der Waals surface area (Å²) in [4.78, 5) is 0. The Morgan fingerprint density at radius 1 is 0.571 bits per heavy atom. The summed E-state index contributed by atoms with van der Waals surface area (Å²) >= 11 is 0. The van der Waals surface area contributed by atoms with E-state index in [9.17, 15) is 21.6 Å². The first-order valence-electron chi connectivity index (χ1n) is 19.6. The predicted octanol–water partition coefficient (Wildman–Crippen LogP) is 12.1. The first-order chi connectivity index (χ1) is 27.0. The van der Waals surface area contributed by atoms with E-state index in [0.29, 0.717) is 5.56 Å². The Bertz CT molecular complexity index is 2740. The van der Waals surface area contributed by atoms with Crippen LogP contribution in [0, 0.1) is 12.8 Å². The molecule has 0 radical (unpaired) electrons. The third-order valence-electron chi connectivity index (χ3n) is 14.7. The Hall–Kier alpha value is -5.14. The lowest BCUT2D eigenvalue weighted by atomic mass is 9.47. The molecular formula is C49H39F3O3S. The van der Waals surface area contributed by atoms with E-state index in [1.165, 1.54) is 50.6 Å². The van der Waals surface area contributed by atoms with Crippen LogP contribution in [0.4, 0.5) is 13.2 Å². The Balaban J connectivity index is 1.27. The van der Waals surface area contributed by atoms with Gasteiger partial charge in [-0.05, 0) is 124 Å². The molecule has 0 amide bonds. The van der Waals surface area contributed by atoms with Gasteiger partial charge >= 0.3 is 15.6 Å². The van der Waals surface area contributed by atoms with Crippen molar-refractivity contribution in [2.45, 2.75) is 72.6 Å². The molecule has 56 heavy (non-hydrogen) atoms. The molecule has 11 rings (SSSR count). The molecule has 6 atom stereocenters. The molecule has 4 bridgehead atoms. The van der Waals surface area contributed by atoms with Crippen LogP contribution in [0.2, 0.25) is 0 Å². The molecule has 1 spiro atoms. The number of rotatable bonds is 4. The van der Waals surface area contributed by atoms with Crippen LogP contribution in [0.1, 0.15) is 77.3 Å². The highest BCUT2D eigenvalue weighted by molar-refractivity contribution is 7.88. The number of fused-ring (bicyclic) bond motifs is 9. The van der Waals surface area contributed by atoms with Crippen LogP contribution in [-0.2, 0) is 26.4 Å². The van der Waals surface area contributed by atoms with Crippen molar-refractivity contribution < 1.29 is 25.8 Å². The molecule has 6 aromatic rings. The summed E-state index contributed by atoms with van der Waals surface area (Å²) in [6.07, 6.45) is 4.29. The van der Waals surface area contributed by atoms with Gasteiger partial charge in [0.1, 0.15) is 0 Å². The van der Waals surface area contributed by atoms with Crippen LogP contribution in [0.25, 0.3) is 33.4 Å². The Morgan fingerprint density at radius 3 is 1.88 bits per heavy atom. The van der Waals surface area contributed by atoms with Crippen molar-refractivity contribution in [1.82, 2.24) is 0 Å². The number of benzene rings is 6. The van der Waals surface area contributed by atoms with Crippen molar-refractivity contribution in [3.63, 3.8) is 0 Å². The molecule has 7 heteroatoms. The quantitative estimate of drug-likeness (QED) is 0.133. The fourth-order valence-electron chi connectivity index (χ4n) is 13.2. The normalized spacial score (nSPS) is 27.8. The fourth-order valence-corrected chi connectivity index (χ4v) is 13.7. The second kappa shape index (κ2) is 11.5. The highest BCUT2D eigenvalue weighted by atomic mass is 32.2. The van der Waals surface area contributed by atoms with Gasteiger partial charge in [0.15, 0.2) is 5.75 Å². The molecule has 0 aliphatic heterocycles. The minimum Gasteiger partial charge on any atom is -0.375 e. The summed E-state index contributed by atoms with van der Waals surface area (Å²) in [5.74, 6) is -0.0154. The SMILES string of the molecule is Cc1ccccc1-c1ccccc1C12CCC34CC(CC5(CC1c1ccccc1-c1ccccc15)C32)c1ccccc1-c1c(OS(=O)(=O)C(F)(F)F)cccc14. The second-order valence-electron chi connectivity index (χ2n) is 16.9. The van der Waals surface area contributed by atoms with Crippen molar-refractivity contribution in [3.05, 3.63) is 173 Å². The maximum absolute atomic E-state index is 14.0. The van der Waals surface area contributed by atoms with E-state index in [1.54, 1.807) is 6.07 Å². The van der Waals surface area contributed by atoms with Crippen LogP contribution in [-0.4, -0.2) is 13.9 Å². The molecule has 0 heterocycles. The maximum Gasteiger partial charge on any atom is 0.534 e. The van der Waals surface area contributed by atoms with Gasteiger partial charge in [-0.25, -0.2) is 0 Å². The monoisotopic (exact) mass is 764 g/mol. The fraction of sp³-hybridized carbons (Fsp3) is 0.265. The van der Waals surface area contributed by atoms with Gasteiger partial charge in [0, 0.05) is 21.8 Å². The van der Waals surface area contributed by atoms with Gasteiger partial charge in [0.05, 0.1) is 0 Å². The molecule has 0 aromatic heterocycles. The van der Waals surface area contributed by atoms with Crippen molar-refractivity contribution in [1.29, 1.82) is 0 Å². The number of halogens is 3. The van der Waals surface area contributed by atoms with Gasteiger partial charge in [-0.3, -0.25) is 0 Å². The molecule has 280 valence electrons. The Kier molecular flexibility index (Phi) is 6.99. The third kappa shape index (κ3) is 4.27. The average Bonchev–Trinajstić information content (AvgIpc) is 3.65. The molecule has 6 unspecified atom stereocenters. The average molecular weight is 765 g/mol. The summed E-state index contributed by atoms with van der Waals surface area (Å²) in [5, 5.41) is 0. The lowest BCUT2D eigenvalue weighted by molar-refractivity contribution is -0.0499. The molecule has 3 fully saturated rings. The van der Waals surface area contributed by atoms with Crippen molar-refractivity contribution in [3.8, 4) is 39.1 Å². The molecule has 0 N–H and O–H groups in total. The number of hydrogen-bond donors (Lipinski definition) is 0. The lowest BCUT2D eigenvalue weighted by Crippen LogP contribution is -2.53. The standard InChI is InChI=1S/C49H39F3O3S/c1-30-13-2-3-14-32(30)35-17-9-11-22-40(35)48-26-25-46-27-31(28-47(45(46)48)29-42(48)37-19-6-5-16-34(37)36-18-8-10-21-39(36)47)33-15-4-7-20-38(33)44-41(46)23-12-24-43(44)55-56(53,54)49(50,51)52/h2-24,31,42,45H,25-29H2,1H3. The van der Waals surface area contributed by atoms with Crippen LogP contribution < -0.4 is 4.18 Å². The smallest absolute Gasteiger partial charge is 0.375 e. The second-order valence-corrected chi connectivity index (χ2v) is 18.4.